The van der Waals surface area contributed by atoms with Crippen LogP contribution in [0.1, 0.15) is 23.0 Å². The minimum atomic E-state index is -0.138. The third-order valence-electron chi connectivity index (χ3n) is 4.74. The number of aryl methyl sites for hydroxylation is 1. The molecule has 6 heteroatoms. The Hall–Kier alpha value is -2.24. The van der Waals surface area contributed by atoms with Crippen molar-refractivity contribution in [2.24, 2.45) is 5.73 Å². The van der Waals surface area contributed by atoms with Crippen LogP contribution >= 0.6 is 11.6 Å². The Morgan fingerprint density at radius 2 is 2.12 bits per heavy atom. The van der Waals surface area contributed by atoms with E-state index < -0.39 is 0 Å². The summed E-state index contributed by atoms with van der Waals surface area (Å²) < 4.78 is 11.4. The average Bonchev–Trinajstić information content (AvgIpc) is 3.19. The van der Waals surface area contributed by atoms with E-state index in [-0.39, 0.29) is 24.5 Å². The Labute approximate surface area is 151 Å². The Morgan fingerprint density at radius 1 is 1.28 bits per heavy atom. The standard InChI is InChI=1S/C19H19ClN2O3/c1-11-2-4-18(25-11)15-8-22(9-16(15)21)19(23)13-6-12-7-14(20)3-5-17(12)24-10-13/h2-7,15-16H,8-10,21H2,1H3/t15-,16-/m1/s1. The van der Waals surface area contributed by atoms with Crippen molar-refractivity contribution in [1.29, 1.82) is 0 Å². The molecule has 1 saturated heterocycles. The molecule has 3 heterocycles. The van der Waals surface area contributed by atoms with E-state index in [0.717, 1.165) is 22.8 Å². The van der Waals surface area contributed by atoms with Gasteiger partial charge in [0.2, 0.25) is 0 Å². The number of hydrogen-bond acceptors (Lipinski definition) is 4. The summed E-state index contributed by atoms with van der Waals surface area (Å²) in [6.07, 6.45) is 1.85. The highest BCUT2D eigenvalue weighted by Gasteiger charge is 2.37. The Kier molecular flexibility index (Phi) is 4.06. The number of likely N-dealkylation sites (tertiary alicyclic amines) is 1. The zero-order chi connectivity index (χ0) is 17.6. The smallest absolute Gasteiger partial charge is 0.253 e. The van der Waals surface area contributed by atoms with Gasteiger partial charge in [0.1, 0.15) is 23.9 Å². The predicted octanol–water partition coefficient (Wildman–Crippen LogP) is 2.97. The van der Waals surface area contributed by atoms with Gasteiger partial charge in [0.05, 0.1) is 11.5 Å². The highest BCUT2D eigenvalue weighted by molar-refractivity contribution is 6.30. The molecule has 0 unspecified atom stereocenters. The summed E-state index contributed by atoms with van der Waals surface area (Å²) in [5, 5.41) is 0.615. The molecule has 1 amide bonds. The number of carbonyl (C=O) groups is 1. The first-order valence-electron chi connectivity index (χ1n) is 8.25. The van der Waals surface area contributed by atoms with Crippen molar-refractivity contribution < 1.29 is 13.9 Å². The number of halogens is 1. The van der Waals surface area contributed by atoms with Crippen molar-refractivity contribution in [3.05, 3.63) is 58.0 Å². The van der Waals surface area contributed by atoms with Crippen molar-refractivity contribution >= 4 is 23.6 Å². The molecule has 0 saturated carbocycles. The lowest BCUT2D eigenvalue weighted by Gasteiger charge is -2.22. The fourth-order valence-corrected chi connectivity index (χ4v) is 3.60. The molecule has 4 rings (SSSR count). The molecular formula is C19H19ClN2O3. The lowest BCUT2D eigenvalue weighted by atomic mass is 10.0. The molecule has 25 heavy (non-hydrogen) atoms. The van der Waals surface area contributed by atoms with E-state index in [1.165, 1.54) is 0 Å². The van der Waals surface area contributed by atoms with Crippen molar-refractivity contribution in [1.82, 2.24) is 4.90 Å². The number of benzene rings is 1. The molecule has 5 nitrogen and oxygen atoms in total. The zero-order valence-corrected chi connectivity index (χ0v) is 14.6. The summed E-state index contributed by atoms with van der Waals surface area (Å²) >= 11 is 6.03. The number of fused-ring (bicyclic) bond motifs is 1. The van der Waals surface area contributed by atoms with Crippen LogP contribution in [-0.4, -0.2) is 36.5 Å². The van der Waals surface area contributed by atoms with Gasteiger partial charge in [0.25, 0.3) is 5.91 Å². The first-order chi connectivity index (χ1) is 12.0. The maximum absolute atomic E-state index is 12.9. The lowest BCUT2D eigenvalue weighted by Crippen LogP contribution is -2.34. The molecule has 130 valence electrons. The molecule has 0 radical (unpaired) electrons. The van der Waals surface area contributed by atoms with Crippen LogP contribution in [-0.2, 0) is 4.79 Å². The van der Waals surface area contributed by atoms with Crippen LogP contribution < -0.4 is 10.5 Å². The van der Waals surface area contributed by atoms with Crippen LogP contribution in [0.3, 0.4) is 0 Å². The van der Waals surface area contributed by atoms with Gasteiger partial charge in [-0.25, -0.2) is 0 Å². The van der Waals surface area contributed by atoms with Crippen molar-refractivity contribution in [2.75, 3.05) is 19.7 Å². The molecule has 1 fully saturated rings. The lowest BCUT2D eigenvalue weighted by molar-refractivity contribution is -0.126. The molecule has 2 atom stereocenters. The third-order valence-corrected chi connectivity index (χ3v) is 4.97. The average molecular weight is 359 g/mol. The fourth-order valence-electron chi connectivity index (χ4n) is 3.42. The summed E-state index contributed by atoms with van der Waals surface area (Å²) in [7, 11) is 0. The summed E-state index contributed by atoms with van der Waals surface area (Å²) in [6, 6.07) is 9.11. The molecule has 0 spiro atoms. The van der Waals surface area contributed by atoms with Gasteiger partial charge in [-0.1, -0.05) is 11.6 Å². The van der Waals surface area contributed by atoms with E-state index in [1.807, 2.05) is 31.2 Å². The number of ether oxygens (including phenoxy) is 1. The van der Waals surface area contributed by atoms with Crippen molar-refractivity contribution in [2.45, 2.75) is 18.9 Å². The molecule has 2 aromatic rings. The van der Waals surface area contributed by atoms with Gasteiger partial charge in [0.15, 0.2) is 0 Å². The van der Waals surface area contributed by atoms with Crippen molar-refractivity contribution in [3.63, 3.8) is 0 Å². The molecule has 0 aliphatic carbocycles. The van der Waals surface area contributed by atoms with Gasteiger partial charge in [-0.15, -0.1) is 0 Å². The Morgan fingerprint density at radius 3 is 2.88 bits per heavy atom. The zero-order valence-electron chi connectivity index (χ0n) is 13.9. The van der Waals surface area contributed by atoms with E-state index in [9.17, 15) is 4.79 Å². The predicted molar refractivity (Wildman–Crippen MR) is 95.7 cm³/mol. The second kappa shape index (κ2) is 6.24. The number of hydrogen-bond donors (Lipinski definition) is 1. The molecule has 2 N–H and O–H groups in total. The summed E-state index contributed by atoms with van der Waals surface area (Å²) in [6.45, 7) is 3.21. The number of furan rings is 1. The number of nitrogens with zero attached hydrogens (tertiary/aromatic N) is 1. The number of carbonyl (C=O) groups excluding carboxylic acids is 1. The normalized spacial score (nSPS) is 22.4. The fraction of sp³-hybridized carbons (Fsp3) is 0.316. The summed E-state index contributed by atoms with van der Waals surface area (Å²) in [5.41, 5.74) is 7.68. The SMILES string of the molecule is Cc1ccc([C@@H]2CN(C(=O)C3=Cc4cc(Cl)ccc4OC3)C[C@H]2N)o1. The first-order valence-corrected chi connectivity index (χ1v) is 8.63. The Bertz CT molecular complexity index is 858. The molecule has 0 bridgehead atoms. The van der Waals surface area contributed by atoms with E-state index in [1.54, 1.807) is 17.0 Å². The maximum Gasteiger partial charge on any atom is 0.253 e. The van der Waals surface area contributed by atoms with Gasteiger partial charge in [0, 0.05) is 29.7 Å². The van der Waals surface area contributed by atoms with Crippen molar-refractivity contribution in [3.8, 4) is 5.75 Å². The third kappa shape index (κ3) is 3.05. The van der Waals surface area contributed by atoms with Crippen LogP contribution in [0.2, 0.25) is 5.02 Å². The second-order valence-electron chi connectivity index (χ2n) is 6.57. The highest BCUT2D eigenvalue weighted by atomic mass is 35.5. The molecule has 1 aromatic heterocycles. The van der Waals surface area contributed by atoms with Crippen LogP contribution in [0.15, 0.2) is 40.3 Å². The van der Waals surface area contributed by atoms with Gasteiger partial charge < -0.3 is 19.8 Å². The molecule has 2 aliphatic heterocycles. The summed E-state index contributed by atoms with van der Waals surface area (Å²) in [4.78, 5) is 14.7. The van der Waals surface area contributed by atoms with E-state index >= 15 is 0 Å². The minimum absolute atomic E-state index is 0.0180. The molecular weight excluding hydrogens is 340 g/mol. The van der Waals surface area contributed by atoms with Crippen LogP contribution in [0.5, 0.6) is 5.75 Å². The van der Waals surface area contributed by atoms with Gasteiger partial charge in [-0.05, 0) is 43.3 Å². The number of rotatable bonds is 2. The minimum Gasteiger partial charge on any atom is -0.488 e. The van der Waals surface area contributed by atoms with Crippen LogP contribution in [0.25, 0.3) is 6.08 Å². The molecule has 1 aromatic carbocycles. The highest BCUT2D eigenvalue weighted by Crippen LogP contribution is 2.32. The van der Waals surface area contributed by atoms with E-state index in [4.69, 9.17) is 26.5 Å². The first kappa shape index (κ1) is 16.2. The quantitative estimate of drug-likeness (QED) is 0.896. The monoisotopic (exact) mass is 358 g/mol. The van der Waals surface area contributed by atoms with Crippen LogP contribution in [0, 0.1) is 6.92 Å². The number of amides is 1. The van der Waals surface area contributed by atoms with Gasteiger partial charge in [-0.2, -0.15) is 0 Å². The van der Waals surface area contributed by atoms with Crippen LogP contribution in [0.4, 0.5) is 0 Å². The van der Waals surface area contributed by atoms with E-state index in [2.05, 4.69) is 0 Å². The molecule has 2 aliphatic rings. The summed E-state index contributed by atoms with van der Waals surface area (Å²) in [5.74, 6) is 2.40. The topological polar surface area (TPSA) is 68.7 Å². The second-order valence-corrected chi connectivity index (χ2v) is 7.01. The van der Waals surface area contributed by atoms with Gasteiger partial charge >= 0.3 is 0 Å². The van der Waals surface area contributed by atoms with Gasteiger partial charge in [-0.3, -0.25) is 4.79 Å². The Balaban J connectivity index is 1.54. The maximum atomic E-state index is 12.9. The number of nitrogens with two attached hydrogens (primary N) is 1. The largest absolute Gasteiger partial charge is 0.488 e. The van der Waals surface area contributed by atoms with E-state index in [0.29, 0.717) is 23.7 Å².